The van der Waals surface area contributed by atoms with Crippen molar-refractivity contribution < 1.29 is 19.4 Å². The molecule has 0 aliphatic rings. The van der Waals surface area contributed by atoms with E-state index in [2.05, 4.69) is 5.32 Å². The average molecular weight is 381 g/mol. The lowest BCUT2D eigenvalue weighted by atomic mass is 10.0. The first kappa shape index (κ1) is 21.8. The number of nitrogens with two attached hydrogens (primary N) is 1. The van der Waals surface area contributed by atoms with E-state index in [4.69, 9.17) is 15.2 Å². The predicted molar refractivity (Wildman–Crippen MR) is 103 cm³/mol. The summed E-state index contributed by atoms with van der Waals surface area (Å²) in [5.74, 6) is 0.932. The minimum Gasteiger partial charge on any atom is -0.497 e. The molecule has 0 heterocycles. The van der Waals surface area contributed by atoms with E-state index >= 15 is 0 Å². The lowest BCUT2D eigenvalue weighted by Crippen LogP contribution is -2.31. The van der Waals surface area contributed by atoms with Crippen LogP contribution in [0.25, 0.3) is 0 Å². The Morgan fingerprint density at radius 2 is 1.65 bits per heavy atom. The SMILES string of the molecule is COc1cc(OC)cc(C(O)CNC(=O)CC(N)c2ccccc2)c1.Cl. The van der Waals surface area contributed by atoms with Gasteiger partial charge in [0.1, 0.15) is 11.5 Å². The number of rotatable bonds is 8. The highest BCUT2D eigenvalue weighted by Gasteiger charge is 2.15. The van der Waals surface area contributed by atoms with Gasteiger partial charge in [0.05, 0.1) is 20.3 Å². The molecule has 4 N–H and O–H groups in total. The number of amides is 1. The summed E-state index contributed by atoms with van der Waals surface area (Å²) in [6.07, 6.45) is -0.723. The molecule has 0 aromatic heterocycles. The molecule has 7 heteroatoms. The number of benzene rings is 2. The van der Waals surface area contributed by atoms with Crippen LogP contribution in [0.4, 0.5) is 0 Å². The van der Waals surface area contributed by atoms with Crippen LogP contribution in [-0.4, -0.2) is 31.8 Å². The van der Waals surface area contributed by atoms with Crippen LogP contribution in [0.15, 0.2) is 48.5 Å². The van der Waals surface area contributed by atoms with Gasteiger partial charge in [-0.2, -0.15) is 0 Å². The van der Waals surface area contributed by atoms with Crippen LogP contribution in [0.1, 0.15) is 29.7 Å². The van der Waals surface area contributed by atoms with Crippen LogP contribution in [0, 0.1) is 0 Å². The zero-order valence-electron chi connectivity index (χ0n) is 14.8. The number of carbonyl (C=O) groups excluding carboxylic acids is 1. The molecule has 2 atom stereocenters. The molecular weight excluding hydrogens is 356 g/mol. The van der Waals surface area contributed by atoms with Gasteiger partial charge >= 0.3 is 0 Å². The molecule has 0 aliphatic carbocycles. The molecule has 2 rings (SSSR count). The number of hydrogen-bond donors (Lipinski definition) is 3. The number of methoxy groups -OCH3 is 2. The third-order valence-corrected chi connectivity index (χ3v) is 3.88. The summed E-state index contributed by atoms with van der Waals surface area (Å²) in [6, 6.07) is 14.2. The maximum atomic E-state index is 12.1. The lowest BCUT2D eigenvalue weighted by molar-refractivity contribution is -0.121. The fourth-order valence-corrected chi connectivity index (χ4v) is 2.44. The molecular formula is C19H25ClN2O4. The van der Waals surface area contributed by atoms with Crippen LogP contribution in [0.2, 0.25) is 0 Å². The van der Waals surface area contributed by atoms with Gasteiger partial charge in [0, 0.05) is 25.1 Å². The highest BCUT2D eigenvalue weighted by molar-refractivity contribution is 5.85. The Hall–Kier alpha value is -2.28. The number of carbonyl (C=O) groups is 1. The van der Waals surface area contributed by atoms with E-state index in [1.54, 1.807) is 18.2 Å². The van der Waals surface area contributed by atoms with Crippen molar-refractivity contribution in [2.45, 2.75) is 18.6 Å². The molecule has 0 saturated carbocycles. The number of aliphatic hydroxyl groups excluding tert-OH is 1. The van der Waals surface area contributed by atoms with Gasteiger partial charge < -0.3 is 25.6 Å². The molecule has 1 amide bonds. The van der Waals surface area contributed by atoms with Crippen molar-refractivity contribution in [3.63, 3.8) is 0 Å². The first-order valence-corrected chi connectivity index (χ1v) is 8.01. The average Bonchev–Trinajstić information content (AvgIpc) is 2.66. The summed E-state index contributed by atoms with van der Waals surface area (Å²) in [7, 11) is 3.08. The van der Waals surface area contributed by atoms with Gasteiger partial charge in [0.25, 0.3) is 0 Å². The smallest absolute Gasteiger partial charge is 0.222 e. The Labute approximate surface area is 159 Å². The fraction of sp³-hybridized carbons (Fsp3) is 0.316. The maximum absolute atomic E-state index is 12.1. The van der Waals surface area contributed by atoms with Gasteiger partial charge in [0.15, 0.2) is 0 Å². The molecule has 0 radical (unpaired) electrons. The quantitative estimate of drug-likeness (QED) is 0.653. The van der Waals surface area contributed by atoms with E-state index in [0.29, 0.717) is 17.1 Å². The van der Waals surface area contributed by atoms with E-state index in [-0.39, 0.29) is 37.3 Å². The topological polar surface area (TPSA) is 93.8 Å². The third-order valence-electron chi connectivity index (χ3n) is 3.88. The molecule has 26 heavy (non-hydrogen) atoms. The summed E-state index contributed by atoms with van der Waals surface area (Å²) in [6.45, 7) is 0.0800. The minimum atomic E-state index is -0.874. The molecule has 0 aliphatic heterocycles. The molecule has 2 aromatic rings. The van der Waals surface area contributed by atoms with Crippen LogP contribution in [-0.2, 0) is 4.79 Å². The van der Waals surface area contributed by atoms with E-state index in [1.807, 2.05) is 30.3 Å². The highest BCUT2D eigenvalue weighted by Crippen LogP contribution is 2.26. The Morgan fingerprint density at radius 1 is 1.08 bits per heavy atom. The van der Waals surface area contributed by atoms with Crippen LogP contribution in [0.3, 0.4) is 0 Å². The van der Waals surface area contributed by atoms with E-state index in [1.165, 1.54) is 14.2 Å². The van der Waals surface area contributed by atoms with Crippen molar-refractivity contribution in [3.05, 3.63) is 59.7 Å². The zero-order valence-corrected chi connectivity index (χ0v) is 15.7. The molecule has 2 aromatic carbocycles. The van der Waals surface area contributed by atoms with Crippen LogP contribution < -0.4 is 20.5 Å². The second kappa shape index (κ2) is 10.7. The van der Waals surface area contributed by atoms with Crippen molar-refractivity contribution in [1.29, 1.82) is 0 Å². The molecule has 0 bridgehead atoms. The van der Waals surface area contributed by atoms with Crippen molar-refractivity contribution in [2.24, 2.45) is 5.73 Å². The minimum absolute atomic E-state index is 0. The second-order valence-electron chi connectivity index (χ2n) is 5.69. The summed E-state index contributed by atoms with van der Waals surface area (Å²) in [4.78, 5) is 12.1. The Bertz CT molecular complexity index is 675. The van der Waals surface area contributed by atoms with E-state index < -0.39 is 6.10 Å². The monoisotopic (exact) mass is 380 g/mol. The van der Waals surface area contributed by atoms with Gasteiger partial charge in [0.2, 0.25) is 5.91 Å². The number of ether oxygens (including phenoxy) is 2. The zero-order chi connectivity index (χ0) is 18.2. The summed E-state index contributed by atoms with van der Waals surface area (Å²) >= 11 is 0. The Balaban J connectivity index is 0.00000338. The second-order valence-corrected chi connectivity index (χ2v) is 5.69. The van der Waals surface area contributed by atoms with Gasteiger partial charge in [-0.1, -0.05) is 30.3 Å². The molecule has 0 fully saturated rings. The summed E-state index contributed by atoms with van der Waals surface area (Å²) < 4.78 is 10.4. The van der Waals surface area contributed by atoms with Crippen molar-refractivity contribution in [3.8, 4) is 11.5 Å². The number of aliphatic hydroxyl groups is 1. The lowest BCUT2D eigenvalue weighted by Gasteiger charge is -2.16. The molecule has 0 spiro atoms. The summed E-state index contributed by atoms with van der Waals surface area (Å²) in [5, 5.41) is 13.0. The molecule has 2 unspecified atom stereocenters. The fourth-order valence-electron chi connectivity index (χ4n) is 2.44. The maximum Gasteiger partial charge on any atom is 0.222 e. The van der Waals surface area contributed by atoms with Gasteiger partial charge in [-0.05, 0) is 23.3 Å². The Morgan fingerprint density at radius 3 is 2.19 bits per heavy atom. The highest BCUT2D eigenvalue weighted by atomic mass is 35.5. The Kier molecular flexibility index (Phi) is 8.92. The molecule has 0 saturated heterocycles. The van der Waals surface area contributed by atoms with Gasteiger partial charge in [-0.15, -0.1) is 12.4 Å². The van der Waals surface area contributed by atoms with Gasteiger partial charge in [-0.3, -0.25) is 4.79 Å². The largest absolute Gasteiger partial charge is 0.497 e. The first-order chi connectivity index (χ1) is 12.0. The molecule has 6 nitrogen and oxygen atoms in total. The summed E-state index contributed by atoms with van der Waals surface area (Å²) in [5.41, 5.74) is 7.53. The normalized spacial score (nSPS) is 12.5. The van der Waals surface area contributed by atoms with Crippen molar-refractivity contribution >= 4 is 18.3 Å². The standard InChI is InChI=1S/C19H24N2O4.ClH/c1-24-15-8-14(9-16(10-15)25-2)18(22)12-21-19(23)11-17(20)13-6-4-3-5-7-13;/h3-10,17-18,22H,11-12,20H2,1-2H3,(H,21,23);1H. The van der Waals surface area contributed by atoms with Crippen molar-refractivity contribution in [2.75, 3.05) is 20.8 Å². The molecule has 142 valence electrons. The van der Waals surface area contributed by atoms with Crippen LogP contribution in [0.5, 0.6) is 11.5 Å². The predicted octanol–water partition coefficient (Wildman–Crippen LogP) is 2.37. The number of hydrogen-bond acceptors (Lipinski definition) is 5. The third kappa shape index (κ3) is 6.22. The number of halogens is 1. The van der Waals surface area contributed by atoms with E-state index in [0.717, 1.165) is 5.56 Å². The number of nitrogens with one attached hydrogen (secondary N) is 1. The van der Waals surface area contributed by atoms with Crippen molar-refractivity contribution in [1.82, 2.24) is 5.32 Å². The first-order valence-electron chi connectivity index (χ1n) is 8.01. The van der Waals surface area contributed by atoms with Crippen LogP contribution >= 0.6 is 12.4 Å². The van der Waals surface area contributed by atoms with E-state index in [9.17, 15) is 9.90 Å². The van der Waals surface area contributed by atoms with Gasteiger partial charge in [-0.25, -0.2) is 0 Å².